The number of nitrogens with zero attached hydrogens (tertiary/aromatic N) is 5. The quantitative estimate of drug-likeness (QED) is 0.692. The van der Waals surface area contributed by atoms with Crippen molar-refractivity contribution in [2.24, 2.45) is 5.92 Å². The van der Waals surface area contributed by atoms with Crippen LogP contribution in [0.4, 0.5) is 5.95 Å². The lowest BCUT2D eigenvalue weighted by Crippen LogP contribution is -2.57. The van der Waals surface area contributed by atoms with E-state index in [-0.39, 0.29) is 23.8 Å². The lowest BCUT2D eigenvalue weighted by Gasteiger charge is -2.41. The maximum atomic E-state index is 13.2. The van der Waals surface area contributed by atoms with Crippen LogP contribution in [0.5, 0.6) is 0 Å². The maximum absolute atomic E-state index is 13.2. The second-order valence-corrected chi connectivity index (χ2v) is 8.12. The number of rotatable bonds is 4. The molecule has 0 saturated carbocycles. The summed E-state index contributed by atoms with van der Waals surface area (Å²) in [7, 11) is 0. The molecule has 0 unspecified atom stereocenters. The Morgan fingerprint density at radius 3 is 2.55 bits per heavy atom. The lowest BCUT2D eigenvalue weighted by molar-refractivity contribution is -0.148. The van der Waals surface area contributed by atoms with Gasteiger partial charge in [-0.15, -0.1) is 0 Å². The van der Waals surface area contributed by atoms with E-state index in [1.54, 1.807) is 18.5 Å². The molecule has 8 heteroatoms. The highest BCUT2D eigenvalue weighted by Gasteiger charge is 2.38. The van der Waals surface area contributed by atoms with Crippen LogP contribution in [0.15, 0.2) is 42.7 Å². The van der Waals surface area contributed by atoms with E-state index in [1.807, 2.05) is 47.9 Å². The predicted octanol–water partition coefficient (Wildman–Crippen LogP) is 1.61. The van der Waals surface area contributed by atoms with Crippen LogP contribution in [0.2, 0.25) is 0 Å². The van der Waals surface area contributed by atoms with E-state index in [4.69, 9.17) is 4.74 Å². The molecule has 2 aliphatic rings. The standard InChI is InChI=1S/C23H29N5O3/c1-3-31-22(30)18-13-26-11-12-27(21(29)20-8-5-4-7-17(20)2)15-19(26)16-28(14-18)23-24-9-6-10-25-23/h4-10,18-19H,3,11-16H2,1-2H3/t18-,19-/m0/s1. The van der Waals surface area contributed by atoms with Crippen LogP contribution in [0.1, 0.15) is 22.8 Å². The maximum Gasteiger partial charge on any atom is 0.312 e. The summed E-state index contributed by atoms with van der Waals surface area (Å²) >= 11 is 0. The Balaban J connectivity index is 1.56. The summed E-state index contributed by atoms with van der Waals surface area (Å²) in [6, 6.07) is 9.57. The molecule has 2 atom stereocenters. The van der Waals surface area contributed by atoms with Gasteiger partial charge >= 0.3 is 5.97 Å². The van der Waals surface area contributed by atoms with Gasteiger partial charge in [-0.25, -0.2) is 9.97 Å². The number of esters is 1. The van der Waals surface area contributed by atoms with Crippen molar-refractivity contribution in [3.8, 4) is 0 Å². The smallest absolute Gasteiger partial charge is 0.312 e. The summed E-state index contributed by atoms with van der Waals surface area (Å²) in [4.78, 5) is 40.9. The van der Waals surface area contributed by atoms with Crippen molar-refractivity contribution in [2.45, 2.75) is 19.9 Å². The second-order valence-electron chi connectivity index (χ2n) is 8.12. The molecule has 2 fully saturated rings. The molecule has 164 valence electrons. The molecule has 0 aliphatic carbocycles. The first-order valence-corrected chi connectivity index (χ1v) is 10.8. The summed E-state index contributed by atoms with van der Waals surface area (Å²) in [6.45, 7) is 7.88. The topological polar surface area (TPSA) is 78.9 Å². The van der Waals surface area contributed by atoms with E-state index >= 15 is 0 Å². The van der Waals surface area contributed by atoms with Gasteiger partial charge in [0.2, 0.25) is 5.95 Å². The number of benzene rings is 1. The van der Waals surface area contributed by atoms with Gasteiger partial charge in [0.25, 0.3) is 5.91 Å². The van der Waals surface area contributed by atoms with Crippen LogP contribution in [-0.4, -0.2) is 83.6 Å². The zero-order valence-corrected chi connectivity index (χ0v) is 18.1. The highest BCUT2D eigenvalue weighted by molar-refractivity contribution is 5.95. The van der Waals surface area contributed by atoms with Crippen LogP contribution < -0.4 is 4.90 Å². The number of ether oxygens (including phenoxy) is 1. The zero-order valence-electron chi connectivity index (χ0n) is 18.1. The highest BCUT2D eigenvalue weighted by atomic mass is 16.5. The van der Waals surface area contributed by atoms with E-state index in [0.29, 0.717) is 45.3 Å². The van der Waals surface area contributed by atoms with Crippen molar-refractivity contribution >= 4 is 17.8 Å². The number of hydrogen-bond acceptors (Lipinski definition) is 7. The minimum absolute atomic E-state index is 0.0615. The van der Waals surface area contributed by atoms with E-state index in [2.05, 4.69) is 14.9 Å². The third-order valence-corrected chi connectivity index (χ3v) is 6.05. The molecule has 8 nitrogen and oxygen atoms in total. The van der Waals surface area contributed by atoms with Crippen LogP contribution in [0.25, 0.3) is 0 Å². The van der Waals surface area contributed by atoms with E-state index in [0.717, 1.165) is 17.7 Å². The van der Waals surface area contributed by atoms with Crippen LogP contribution in [0.3, 0.4) is 0 Å². The fourth-order valence-corrected chi connectivity index (χ4v) is 4.44. The van der Waals surface area contributed by atoms with Crippen molar-refractivity contribution in [2.75, 3.05) is 50.8 Å². The van der Waals surface area contributed by atoms with Gasteiger partial charge in [-0.1, -0.05) is 18.2 Å². The molecule has 1 amide bonds. The fraction of sp³-hybridized carbons (Fsp3) is 0.478. The van der Waals surface area contributed by atoms with Crippen molar-refractivity contribution in [3.63, 3.8) is 0 Å². The number of aromatic nitrogens is 2. The molecule has 1 aromatic heterocycles. The minimum Gasteiger partial charge on any atom is -0.466 e. The fourth-order valence-electron chi connectivity index (χ4n) is 4.44. The first kappa shape index (κ1) is 21.2. The summed E-state index contributed by atoms with van der Waals surface area (Å²) in [5, 5.41) is 0. The first-order chi connectivity index (χ1) is 15.1. The average Bonchev–Trinajstić information content (AvgIpc) is 2.99. The molecule has 0 N–H and O–H groups in total. The van der Waals surface area contributed by atoms with Gasteiger partial charge in [0.05, 0.1) is 12.5 Å². The molecular formula is C23H29N5O3. The highest BCUT2D eigenvalue weighted by Crippen LogP contribution is 2.23. The number of fused-ring (bicyclic) bond motifs is 1. The molecule has 1 aromatic carbocycles. The van der Waals surface area contributed by atoms with Gasteiger partial charge in [-0.2, -0.15) is 0 Å². The Morgan fingerprint density at radius 1 is 1.03 bits per heavy atom. The molecule has 3 heterocycles. The molecule has 2 aromatic rings. The Bertz CT molecular complexity index is 922. The third kappa shape index (κ3) is 4.69. The summed E-state index contributed by atoms with van der Waals surface area (Å²) < 4.78 is 5.33. The number of amides is 1. The number of carbonyl (C=O) groups excluding carboxylic acids is 2. The largest absolute Gasteiger partial charge is 0.466 e. The van der Waals surface area contributed by atoms with Gasteiger partial charge in [0, 0.05) is 63.3 Å². The predicted molar refractivity (Wildman–Crippen MR) is 117 cm³/mol. The third-order valence-electron chi connectivity index (χ3n) is 6.05. The van der Waals surface area contributed by atoms with Gasteiger partial charge in [-0.3, -0.25) is 14.5 Å². The average molecular weight is 424 g/mol. The van der Waals surface area contributed by atoms with Gasteiger partial charge in [0.15, 0.2) is 0 Å². The summed E-state index contributed by atoms with van der Waals surface area (Å²) in [6.07, 6.45) is 3.42. The number of piperazine rings is 1. The Hall–Kier alpha value is -3.00. The molecule has 0 spiro atoms. The lowest BCUT2D eigenvalue weighted by atomic mass is 10.1. The zero-order chi connectivity index (χ0) is 21.8. The van der Waals surface area contributed by atoms with Gasteiger partial charge < -0.3 is 14.5 Å². The Kier molecular flexibility index (Phi) is 6.46. The van der Waals surface area contributed by atoms with Crippen LogP contribution in [-0.2, 0) is 9.53 Å². The normalized spacial score (nSPS) is 21.9. The second kappa shape index (κ2) is 9.43. The first-order valence-electron chi connectivity index (χ1n) is 10.8. The number of anilines is 1. The van der Waals surface area contributed by atoms with Gasteiger partial charge in [-0.05, 0) is 31.5 Å². The number of carbonyl (C=O) groups is 2. The van der Waals surface area contributed by atoms with Crippen molar-refractivity contribution < 1.29 is 14.3 Å². The SMILES string of the molecule is CCOC(=O)[C@@H]1CN(c2ncccn2)C[C@@H]2CN(C(=O)c3ccccc3C)CCN2C1. The summed E-state index contributed by atoms with van der Waals surface area (Å²) in [5.74, 6) is 0.183. The minimum atomic E-state index is -0.285. The molecule has 4 rings (SSSR count). The molecule has 0 radical (unpaired) electrons. The molecular weight excluding hydrogens is 394 g/mol. The van der Waals surface area contributed by atoms with Crippen LogP contribution in [0, 0.1) is 12.8 Å². The molecule has 0 bridgehead atoms. The summed E-state index contributed by atoms with van der Waals surface area (Å²) in [5.41, 5.74) is 1.73. The molecule has 2 saturated heterocycles. The van der Waals surface area contributed by atoms with Gasteiger partial charge in [0.1, 0.15) is 0 Å². The van der Waals surface area contributed by atoms with Crippen molar-refractivity contribution in [1.82, 2.24) is 19.8 Å². The monoisotopic (exact) mass is 423 g/mol. The van der Waals surface area contributed by atoms with E-state index < -0.39 is 0 Å². The Morgan fingerprint density at radius 2 is 1.81 bits per heavy atom. The number of hydrogen-bond donors (Lipinski definition) is 0. The van der Waals surface area contributed by atoms with Crippen molar-refractivity contribution in [1.29, 1.82) is 0 Å². The number of aryl methyl sites for hydroxylation is 1. The molecule has 31 heavy (non-hydrogen) atoms. The van der Waals surface area contributed by atoms with E-state index in [1.165, 1.54) is 0 Å². The van der Waals surface area contributed by atoms with Crippen molar-refractivity contribution in [3.05, 3.63) is 53.9 Å². The van der Waals surface area contributed by atoms with E-state index in [9.17, 15) is 9.59 Å². The Labute approximate surface area is 182 Å². The molecule has 2 aliphatic heterocycles. The van der Waals surface area contributed by atoms with Crippen LogP contribution >= 0.6 is 0 Å².